The van der Waals surface area contributed by atoms with Gasteiger partial charge in [-0.05, 0) is 112 Å². The van der Waals surface area contributed by atoms with E-state index in [1.807, 2.05) is 63.2 Å². The maximum Gasteiger partial charge on any atom is 0.408 e. The van der Waals surface area contributed by atoms with Crippen LogP contribution in [0.5, 0.6) is 0 Å². The molecule has 0 bridgehead atoms. The number of hydrogen-bond acceptors (Lipinski definition) is 12. The number of fused-ring (bicyclic) bond motifs is 7. The fraction of sp³-hybridized carbons (Fsp3) is 0.569. The molecule has 5 N–H and O–H groups in total. The molecule has 2 aromatic carbocycles. The molecule has 356 valence electrons. The first-order valence-electron chi connectivity index (χ1n) is 23.2. The topological polar surface area (TPSA) is 216 Å². The number of amides is 3. The van der Waals surface area contributed by atoms with E-state index < -0.39 is 89.4 Å². The smallest absolute Gasteiger partial charge is 0.408 e. The molecule has 5 aliphatic rings. The van der Waals surface area contributed by atoms with Crippen LogP contribution in [0.25, 0.3) is 0 Å². The second kappa shape index (κ2) is 19.2. The number of Topliss-reactive ketones (excluding diaryl/α,β-unsaturated/α-hetero) is 1. The van der Waals surface area contributed by atoms with Gasteiger partial charge in [0.25, 0.3) is 0 Å². The zero-order valence-electron chi connectivity index (χ0n) is 39.0. The van der Waals surface area contributed by atoms with E-state index in [0.29, 0.717) is 24.1 Å². The summed E-state index contributed by atoms with van der Waals surface area (Å²) in [5, 5.41) is 30.2. The Bertz CT molecular complexity index is 2270. The van der Waals surface area contributed by atoms with Crippen LogP contribution in [-0.2, 0) is 49.3 Å². The first-order valence-corrected chi connectivity index (χ1v) is 23.2. The third-order valence-corrected chi connectivity index (χ3v) is 14.3. The third-order valence-electron chi connectivity index (χ3n) is 14.3. The molecule has 15 heteroatoms. The molecule has 3 saturated carbocycles. The number of rotatable bonds is 15. The van der Waals surface area contributed by atoms with Gasteiger partial charge in [-0.15, -0.1) is 0 Å². The SMILES string of the molecule is CC(C)COC(=O)CC[C@H](NC(=O)CNC(=O)OC(C)(C)C)C(=O)Nc1cccc(Cc2ccc([C@@H]3O[C@@H]4C[C@H]5[C@@H]6CCC7=CC(=O)C=C[C@]7(C)[C@H]6[C@@H](O)C[C@]5(C)[C@]4(C(=O)CO)O3)cc2)c1. The summed E-state index contributed by atoms with van der Waals surface area (Å²) in [7, 11) is 0. The average Bonchev–Trinajstić information content (AvgIpc) is 3.76. The van der Waals surface area contributed by atoms with Crippen molar-refractivity contribution in [2.75, 3.05) is 25.1 Å². The second-order valence-corrected chi connectivity index (χ2v) is 20.5. The van der Waals surface area contributed by atoms with Crippen LogP contribution >= 0.6 is 0 Å². The van der Waals surface area contributed by atoms with Crippen LogP contribution in [0, 0.1) is 34.5 Å². The molecular formula is C51H65N3O12. The number of esters is 1. The maximum absolute atomic E-state index is 14.0. The van der Waals surface area contributed by atoms with Crippen molar-refractivity contribution in [1.82, 2.24) is 10.6 Å². The lowest BCUT2D eigenvalue weighted by Gasteiger charge is -2.59. The largest absolute Gasteiger partial charge is 0.465 e. The Morgan fingerprint density at radius 2 is 1.76 bits per heavy atom. The van der Waals surface area contributed by atoms with E-state index in [1.165, 1.54) is 0 Å². The number of anilines is 1. The standard InChI is InChI=1S/C51H65N3O12/c1-29(2)28-63-43(60)18-17-38(54-42(59)26-52-47(62)66-48(3,4)5)45(61)53-34-10-8-9-31(22-34)21-30-11-13-32(14-12-30)46-64-41-24-37-36-16-15-33-23-35(56)19-20-49(33,6)44(36)39(57)25-50(37,7)51(41,65-46)40(58)27-55/h8-14,19-20,22-23,29,36-39,41,44,46,55,57H,15-18,21,24-28H2,1-7H3,(H,52,62)(H,53,61)(H,54,59)/t36-,37-,38-,39-,41+,44+,46+,49-,50-,51+/m0/s1. The Morgan fingerprint density at radius 1 is 1.02 bits per heavy atom. The Kier molecular flexibility index (Phi) is 14.2. The Labute approximate surface area is 386 Å². The van der Waals surface area contributed by atoms with E-state index in [-0.39, 0.29) is 55.3 Å². The van der Waals surface area contributed by atoms with Gasteiger partial charge < -0.3 is 45.1 Å². The summed E-state index contributed by atoms with van der Waals surface area (Å²) in [4.78, 5) is 77.4. The van der Waals surface area contributed by atoms with E-state index in [2.05, 4.69) is 22.9 Å². The van der Waals surface area contributed by atoms with Gasteiger partial charge in [-0.2, -0.15) is 0 Å². The maximum atomic E-state index is 14.0. The van der Waals surface area contributed by atoms with Crippen molar-refractivity contribution in [3.63, 3.8) is 0 Å². The van der Waals surface area contributed by atoms with Gasteiger partial charge in [0.2, 0.25) is 11.8 Å². The third kappa shape index (κ3) is 9.90. The molecule has 1 saturated heterocycles. The number of ketones is 2. The minimum atomic E-state index is -1.46. The van der Waals surface area contributed by atoms with E-state index in [1.54, 1.807) is 45.1 Å². The van der Waals surface area contributed by atoms with Gasteiger partial charge in [0, 0.05) is 34.4 Å². The molecule has 0 aromatic heterocycles. The van der Waals surface area contributed by atoms with Gasteiger partial charge in [0.15, 0.2) is 23.5 Å². The summed E-state index contributed by atoms with van der Waals surface area (Å²) in [6, 6.07) is 13.8. The Hall–Kier alpha value is -5.22. The van der Waals surface area contributed by atoms with Crippen molar-refractivity contribution in [3.05, 3.63) is 89.0 Å². The zero-order valence-corrected chi connectivity index (χ0v) is 39.0. The van der Waals surface area contributed by atoms with Crippen molar-refractivity contribution in [2.24, 2.45) is 34.5 Å². The average molecular weight is 912 g/mol. The van der Waals surface area contributed by atoms with Crippen LogP contribution in [0.4, 0.5) is 10.5 Å². The number of hydrogen-bond donors (Lipinski definition) is 5. The van der Waals surface area contributed by atoms with Gasteiger partial charge in [0.1, 0.15) is 24.8 Å². The van der Waals surface area contributed by atoms with E-state index in [0.717, 1.165) is 29.5 Å². The molecule has 4 aliphatic carbocycles. The lowest BCUT2D eigenvalue weighted by atomic mass is 9.46. The Morgan fingerprint density at radius 3 is 2.45 bits per heavy atom. The van der Waals surface area contributed by atoms with Gasteiger partial charge in [-0.3, -0.25) is 24.0 Å². The van der Waals surface area contributed by atoms with Crippen LogP contribution in [0.2, 0.25) is 0 Å². The number of aliphatic hydroxyl groups excluding tert-OH is 2. The number of carbonyl (C=O) groups excluding carboxylic acids is 6. The quantitative estimate of drug-likeness (QED) is 0.134. The van der Waals surface area contributed by atoms with Crippen LogP contribution < -0.4 is 16.0 Å². The minimum absolute atomic E-state index is 0.0178. The molecule has 15 nitrogen and oxygen atoms in total. The fourth-order valence-corrected chi connectivity index (χ4v) is 11.4. The summed E-state index contributed by atoms with van der Waals surface area (Å²) in [6.45, 7) is 12.1. The van der Waals surface area contributed by atoms with Crippen LogP contribution in [-0.4, -0.2) is 94.9 Å². The molecule has 66 heavy (non-hydrogen) atoms. The van der Waals surface area contributed by atoms with Crippen molar-refractivity contribution < 1.29 is 57.9 Å². The number of aliphatic hydroxyl groups is 2. The van der Waals surface area contributed by atoms with Crippen LogP contribution in [0.1, 0.15) is 110 Å². The van der Waals surface area contributed by atoms with Gasteiger partial charge in [0.05, 0.1) is 18.8 Å². The van der Waals surface area contributed by atoms with Gasteiger partial charge >= 0.3 is 12.1 Å². The molecule has 7 rings (SSSR count). The number of ether oxygens (including phenoxy) is 4. The molecule has 0 spiro atoms. The summed E-state index contributed by atoms with van der Waals surface area (Å²) >= 11 is 0. The lowest BCUT2D eigenvalue weighted by Crippen LogP contribution is -2.63. The van der Waals surface area contributed by atoms with E-state index >= 15 is 0 Å². The molecule has 4 fully saturated rings. The summed E-state index contributed by atoms with van der Waals surface area (Å²) in [6.07, 6.45) is 4.85. The zero-order chi connectivity index (χ0) is 47.8. The van der Waals surface area contributed by atoms with Gasteiger partial charge in [-0.1, -0.05) is 75.7 Å². The van der Waals surface area contributed by atoms with Crippen molar-refractivity contribution in [1.29, 1.82) is 0 Å². The second-order valence-electron chi connectivity index (χ2n) is 20.5. The molecule has 0 radical (unpaired) electrons. The first-order chi connectivity index (χ1) is 31.1. The van der Waals surface area contributed by atoms with E-state index in [4.69, 9.17) is 18.9 Å². The highest BCUT2D eigenvalue weighted by Crippen LogP contribution is 2.70. The van der Waals surface area contributed by atoms with Crippen molar-refractivity contribution >= 4 is 41.1 Å². The minimum Gasteiger partial charge on any atom is -0.465 e. The first kappa shape index (κ1) is 48.7. The highest BCUT2D eigenvalue weighted by molar-refractivity contribution is 6.01. The monoisotopic (exact) mass is 911 g/mol. The number of allylic oxidation sites excluding steroid dienone is 4. The van der Waals surface area contributed by atoms with Crippen LogP contribution in [0.3, 0.4) is 0 Å². The molecule has 2 aromatic rings. The number of carbonyl (C=O) groups is 6. The predicted molar refractivity (Wildman–Crippen MR) is 242 cm³/mol. The molecule has 0 unspecified atom stereocenters. The predicted octanol–water partition coefficient (Wildman–Crippen LogP) is 5.81. The van der Waals surface area contributed by atoms with Crippen LogP contribution in [0.15, 0.2) is 72.3 Å². The van der Waals surface area contributed by atoms with Crippen molar-refractivity contribution in [3.8, 4) is 0 Å². The van der Waals surface area contributed by atoms with E-state index in [9.17, 15) is 39.0 Å². The molecule has 1 heterocycles. The number of benzene rings is 2. The molecule has 10 atom stereocenters. The van der Waals surface area contributed by atoms with Crippen molar-refractivity contribution in [2.45, 2.75) is 129 Å². The lowest BCUT2D eigenvalue weighted by molar-refractivity contribution is -0.201. The highest BCUT2D eigenvalue weighted by atomic mass is 16.7. The Balaban J connectivity index is 1.00. The summed E-state index contributed by atoms with van der Waals surface area (Å²) < 4.78 is 23.9. The normalized spacial score (nSPS) is 30.2. The highest BCUT2D eigenvalue weighted by Gasteiger charge is 2.76. The number of alkyl carbamates (subject to hydrolysis) is 1. The molecular weight excluding hydrogens is 847 g/mol. The molecule has 1 aliphatic heterocycles. The number of nitrogens with one attached hydrogen (secondary N) is 3. The summed E-state index contributed by atoms with van der Waals surface area (Å²) in [5.41, 5.74) is 0.513. The molecule has 3 amide bonds. The van der Waals surface area contributed by atoms with Gasteiger partial charge in [-0.25, -0.2) is 4.79 Å². The summed E-state index contributed by atoms with van der Waals surface area (Å²) in [5.74, 6) is -2.17. The fourth-order valence-electron chi connectivity index (χ4n) is 11.4.